The van der Waals surface area contributed by atoms with Crippen LogP contribution in [0.3, 0.4) is 0 Å². The van der Waals surface area contributed by atoms with Gasteiger partial charge in [-0.2, -0.15) is 0 Å². The Morgan fingerprint density at radius 1 is 0.225 bits per heavy atom. The third kappa shape index (κ3) is 103. The van der Waals surface area contributed by atoms with Crippen molar-refractivity contribution in [3.8, 4) is 0 Å². The van der Waals surface area contributed by atoms with E-state index in [1.807, 2.05) is 0 Å². The Morgan fingerprint density at radius 3 is 0.651 bits per heavy atom. The highest BCUT2D eigenvalue weighted by atomic mass is 31.2. The summed E-state index contributed by atoms with van der Waals surface area (Å²) in [5.74, 6) is -1.56. The first-order valence-corrected chi connectivity index (χ1v) is 55.4. The summed E-state index contributed by atoms with van der Waals surface area (Å²) in [6.07, 6.45) is 134. The molecule has 18 heteroatoms. The molecule has 0 aliphatic heterocycles. The van der Waals surface area contributed by atoms with Crippen LogP contribution in [-0.2, 0) is 55.8 Å². The van der Waals surface area contributed by atoms with Gasteiger partial charge in [-0.1, -0.05) is 454 Å². The van der Waals surface area contributed by atoms with E-state index in [1.54, 1.807) is 0 Å². The maximum Gasteiger partial charge on any atom is 0.472 e. The lowest BCUT2D eigenvalue weighted by molar-refractivity contribution is -0.161. The van der Waals surface area contributed by atoms with Crippen molar-refractivity contribution in [2.75, 3.05) is 39.6 Å². The van der Waals surface area contributed by atoms with Crippen LogP contribution >= 0.6 is 15.6 Å². The Bertz CT molecular complexity index is 3030. The normalized spacial score (nSPS) is 14.3. The zero-order valence-corrected chi connectivity index (χ0v) is 84.1. The zero-order valence-electron chi connectivity index (χ0n) is 82.3. The number of allylic oxidation sites excluding steroid dienone is 28. The van der Waals surface area contributed by atoms with Gasteiger partial charge in [0.1, 0.15) is 25.4 Å². The molecule has 0 spiro atoms. The Hall–Kier alpha value is -5.09. The van der Waals surface area contributed by atoms with Crippen LogP contribution in [0.5, 0.6) is 0 Å². The molecule has 0 saturated carbocycles. The molecule has 0 amide bonds. The molecule has 16 nitrogen and oxygen atoms in total. The van der Waals surface area contributed by atoms with Gasteiger partial charge in [-0.05, 0) is 154 Å². The smallest absolute Gasteiger partial charge is 0.463 e. The van der Waals surface area contributed by atoms with Crippen LogP contribution in [-0.4, -0.2) is 95.9 Å². The summed E-state index contributed by atoms with van der Waals surface area (Å²) in [4.78, 5) is 59.3. The number of hydrogen-bond donors (Lipinski definition) is 4. The van der Waals surface area contributed by atoms with Gasteiger partial charge < -0.3 is 34.2 Å². The van der Waals surface area contributed by atoms with E-state index in [4.69, 9.17) is 32.3 Å². The van der Waals surface area contributed by atoms with Gasteiger partial charge in [0.05, 0.1) is 26.4 Å². The lowest BCUT2D eigenvalue weighted by Crippen LogP contribution is -2.30. The van der Waals surface area contributed by atoms with Crippen molar-refractivity contribution in [1.29, 1.82) is 0 Å². The molecule has 0 saturated heterocycles. The van der Waals surface area contributed by atoms with Gasteiger partial charge in [-0.3, -0.25) is 32.5 Å². The van der Waals surface area contributed by atoms with Crippen LogP contribution in [0.1, 0.15) is 457 Å². The van der Waals surface area contributed by atoms with Crippen LogP contribution in [0, 0.1) is 0 Å². The number of phosphoric ester groups is 2. The van der Waals surface area contributed by atoms with Crippen LogP contribution in [0.4, 0.5) is 0 Å². The van der Waals surface area contributed by atoms with Gasteiger partial charge in [-0.15, -0.1) is 0 Å². The van der Waals surface area contributed by atoms with Gasteiger partial charge in [-0.25, -0.2) is 9.13 Å². The van der Waals surface area contributed by atoms with Crippen molar-refractivity contribution < 1.29 is 75.8 Å². The van der Waals surface area contributed by atoms with E-state index in [1.165, 1.54) is 244 Å². The number of rotatable bonds is 99. The molecule has 0 rings (SSSR count). The molecule has 4 N–H and O–H groups in total. The number of unbranched alkanes of at least 4 members (excludes halogenated alkanes) is 48. The molecule has 0 radical (unpaired) electrons. The first kappa shape index (κ1) is 124. The summed E-state index contributed by atoms with van der Waals surface area (Å²) in [6.45, 7) is 2.51. The monoisotopic (exact) mass is 1840 g/mol. The molecular formula is C111H192O16P2. The second kappa shape index (κ2) is 102. The van der Waals surface area contributed by atoms with Gasteiger partial charge in [0.15, 0.2) is 6.10 Å². The summed E-state index contributed by atoms with van der Waals surface area (Å²) in [6, 6.07) is 0. The molecule has 5 atom stereocenters. The number of hydrogen-bond acceptors (Lipinski definition) is 14. The van der Waals surface area contributed by atoms with Gasteiger partial charge >= 0.3 is 33.6 Å². The quantitative estimate of drug-likeness (QED) is 0.0146. The van der Waals surface area contributed by atoms with Crippen molar-refractivity contribution in [2.45, 2.75) is 476 Å². The lowest BCUT2D eigenvalue weighted by atomic mass is 10.0. The number of aliphatic hydroxyl groups excluding tert-OH is 2. The van der Waals surface area contributed by atoms with Crippen molar-refractivity contribution >= 4 is 33.6 Å². The average Bonchev–Trinajstić information content (AvgIpc) is 0.898. The minimum Gasteiger partial charge on any atom is -0.463 e. The molecule has 742 valence electrons. The largest absolute Gasteiger partial charge is 0.472 e. The number of carbonyl (C=O) groups excluding carboxylic acids is 3. The summed E-state index contributed by atoms with van der Waals surface area (Å²) in [7, 11) is -9.82. The zero-order chi connectivity index (χ0) is 93.5. The highest BCUT2D eigenvalue weighted by molar-refractivity contribution is 7.47. The fourth-order valence-corrected chi connectivity index (χ4v) is 16.1. The maximum atomic E-state index is 13.1. The van der Waals surface area contributed by atoms with Gasteiger partial charge in [0.2, 0.25) is 0 Å². The summed E-state index contributed by atoms with van der Waals surface area (Å²) < 4.78 is 61.8. The highest BCUT2D eigenvalue weighted by Crippen LogP contribution is 2.45. The molecule has 0 aromatic heterocycles. The van der Waals surface area contributed by atoms with Crippen LogP contribution < -0.4 is 0 Å². The second-order valence-corrected chi connectivity index (χ2v) is 37.8. The third-order valence-electron chi connectivity index (χ3n) is 22.4. The molecule has 0 aromatic carbocycles. The minimum atomic E-state index is -4.95. The number of carbonyl (C=O) groups is 3. The van der Waals surface area contributed by atoms with Gasteiger partial charge in [0, 0.05) is 19.3 Å². The fraction of sp³-hybridized carbons (Fsp3) is 0.721. The molecule has 0 bridgehead atoms. The minimum absolute atomic E-state index is 0.101. The van der Waals surface area contributed by atoms with Crippen LogP contribution in [0.2, 0.25) is 0 Å². The maximum absolute atomic E-state index is 13.1. The summed E-state index contributed by atoms with van der Waals surface area (Å²) in [5.41, 5.74) is 0. The molecular weight excluding hydrogens is 1650 g/mol. The SMILES string of the molecule is CC/C=C\C/C=C\C/C=C\C/C=C\C/C=C\CCCCCCCCCCCCCCCCCCCC(=O)OCC(O)COP(=O)(O)OCC(O)COP(=O)(O)OCC(COC(=O)CCCCCCCCCCCCCCCCC/C=C\C/C=C\C/C=C\C/C=C\C/C=C\CC)OC(=O)CCCCCCCCCCCCCCC/C=C\C/C=C\C/C=C\C/C=C\CCCCC. The van der Waals surface area contributed by atoms with E-state index in [9.17, 15) is 43.5 Å². The van der Waals surface area contributed by atoms with E-state index in [0.717, 1.165) is 154 Å². The fourth-order valence-electron chi connectivity index (χ4n) is 14.6. The van der Waals surface area contributed by atoms with Crippen LogP contribution in [0.15, 0.2) is 170 Å². The lowest BCUT2D eigenvalue weighted by Gasteiger charge is -2.21. The first-order valence-electron chi connectivity index (χ1n) is 52.4. The Morgan fingerprint density at radius 2 is 0.411 bits per heavy atom. The van der Waals surface area contributed by atoms with Crippen molar-refractivity contribution in [3.63, 3.8) is 0 Å². The number of aliphatic hydroxyl groups is 2. The number of esters is 3. The first-order chi connectivity index (χ1) is 63.2. The van der Waals surface area contributed by atoms with E-state index in [0.29, 0.717) is 19.3 Å². The van der Waals surface area contributed by atoms with Crippen molar-refractivity contribution in [3.05, 3.63) is 170 Å². The molecule has 0 aliphatic rings. The molecule has 0 aromatic rings. The summed E-state index contributed by atoms with van der Waals surface area (Å²) >= 11 is 0. The standard InChI is InChI=1S/C111H192O16P2/c1-4-7-10-13-16-19-22-25-28-31-34-37-40-43-46-49-51-52-54-57-58-61-64-67-70-73-76-79-82-85-88-91-94-97-109(114)121-100-106(112)101-123-128(117,118)124-102-107(113)103-125-129(119,120)126-105-108(127-111(116)99-96-93-90-87-84-81-78-75-72-69-66-63-60-55-48-45-42-39-36-33-30-27-24-21-18-15-12-9-6-3)104-122-110(115)98-95-92-89-86-83-80-77-74-71-68-65-62-59-56-53-50-47-44-41-38-35-32-29-26-23-20-17-14-11-8-5-2/h7-8,10-11,16-21,25-30,34-39,43-48,106-108,112-113H,4-6,9,12-15,22-24,31-33,40-42,49-105H2,1-3H3,(H,117,118)(H,119,120)/b10-7-,11-8-,19-16-,20-17-,21-18-,28-25-,29-26-,30-27-,37-34-,38-35-,39-36-,46-43-,47-44-,48-45-. The topological polar surface area (TPSA) is 231 Å². The molecule has 5 unspecified atom stereocenters. The number of ether oxygens (including phenoxy) is 3. The van der Waals surface area contributed by atoms with E-state index in [2.05, 4.69) is 191 Å². The number of phosphoric acid groups is 2. The Labute approximate surface area is 790 Å². The second-order valence-electron chi connectivity index (χ2n) is 34.9. The molecule has 0 heterocycles. The van der Waals surface area contributed by atoms with E-state index >= 15 is 0 Å². The van der Waals surface area contributed by atoms with E-state index < -0.39 is 91.5 Å². The predicted molar refractivity (Wildman–Crippen MR) is 546 cm³/mol. The Kier molecular flexibility index (Phi) is 97.8. The predicted octanol–water partition coefficient (Wildman–Crippen LogP) is 33.3. The van der Waals surface area contributed by atoms with Crippen molar-refractivity contribution in [2.24, 2.45) is 0 Å². The summed E-state index contributed by atoms with van der Waals surface area (Å²) in [5, 5.41) is 20.8. The van der Waals surface area contributed by atoms with Crippen LogP contribution in [0.25, 0.3) is 0 Å². The molecule has 0 aliphatic carbocycles. The molecule has 0 fully saturated rings. The van der Waals surface area contributed by atoms with Gasteiger partial charge in [0.25, 0.3) is 0 Å². The molecule has 129 heavy (non-hydrogen) atoms. The average molecular weight is 1840 g/mol. The third-order valence-corrected chi connectivity index (χ3v) is 24.3. The van der Waals surface area contributed by atoms with Crippen molar-refractivity contribution in [1.82, 2.24) is 0 Å². The van der Waals surface area contributed by atoms with E-state index in [-0.39, 0.29) is 19.3 Å². The highest BCUT2D eigenvalue weighted by Gasteiger charge is 2.30. The Balaban J connectivity index is 4.60.